The predicted octanol–water partition coefficient (Wildman–Crippen LogP) is -0.574. The molecule has 82 valence electrons. The molecular weight excluding hydrogens is 212 g/mol. The molecule has 0 atom stereocenters. The molecule has 0 bridgehead atoms. The minimum Gasteiger partial charge on any atom is -0.463 e. The zero-order valence-electron chi connectivity index (χ0n) is 8.36. The number of methoxy groups -OCH3 is 1. The Morgan fingerprint density at radius 1 is 1.38 bits per heavy atom. The van der Waals surface area contributed by atoms with Gasteiger partial charge in [-0.1, -0.05) is 0 Å². The summed E-state index contributed by atoms with van der Waals surface area (Å²) in [7, 11) is 1.26. The fraction of sp³-hybridized carbons (Fsp3) is 0.125. The quantitative estimate of drug-likeness (QED) is 0.674. The molecule has 0 spiro atoms. The molecule has 2 rings (SSSR count). The zero-order valence-corrected chi connectivity index (χ0v) is 8.36. The SMILES string of the molecule is COC(=O)c1ncn(-c2cnc(N)cn2)n1. The Kier molecular flexibility index (Phi) is 2.46. The van der Waals surface area contributed by atoms with Crippen LogP contribution >= 0.6 is 0 Å². The third-order valence-corrected chi connectivity index (χ3v) is 1.75. The van der Waals surface area contributed by atoms with Gasteiger partial charge in [0.15, 0.2) is 5.82 Å². The van der Waals surface area contributed by atoms with Crippen molar-refractivity contribution in [2.75, 3.05) is 12.8 Å². The fourth-order valence-corrected chi connectivity index (χ4v) is 1.01. The Balaban J connectivity index is 2.31. The molecule has 2 N–H and O–H groups in total. The Hall–Kier alpha value is -2.51. The second-order valence-corrected chi connectivity index (χ2v) is 2.80. The maximum atomic E-state index is 11.1. The molecule has 0 aliphatic carbocycles. The minimum absolute atomic E-state index is 0.0406. The molecule has 2 heterocycles. The van der Waals surface area contributed by atoms with Crippen molar-refractivity contribution in [3.05, 3.63) is 24.5 Å². The molecule has 0 aliphatic rings. The van der Waals surface area contributed by atoms with Crippen LogP contribution in [0.15, 0.2) is 18.7 Å². The normalized spacial score (nSPS) is 10.1. The van der Waals surface area contributed by atoms with Crippen molar-refractivity contribution in [1.82, 2.24) is 24.7 Å². The van der Waals surface area contributed by atoms with Gasteiger partial charge in [0, 0.05) is 0 Å². The predicted molar refractivity (Wildman–Crippen MR) is 52.7 cm³/mol. The highest BCUT2D eigenvalue weighted by atomic mass is 16.5. The second-order valence-electron chi connectivity index (χ2n) is 2.80. The van der Waals surface area contributed by atoms with Gasteiger partial charge in [0.05, 0.1) is 19.5 Å². The lowest BCUT2D eigenvalue weighted by Gasteiger charge is -1.97. The summed E-state index contributed by atoms with van der Waals surface area (Å²) in [4.78, 5) is 22.7. The van der Waals surface area contributed by atoms with Crippen LogP contribution in [0.5, 0.6) is 0 Å². The first-order valence-corrected chi connectivity index (χ1v) is 4.28. The first-order chi connectivity index (χ1) is 7.70. The first kappa shape index (κ1) is 10.0. The Bertz CT molecular complexity index is 506. The van der Waals surface area contributed by atoms with E-state index in [0.717, 1.165) is 0 Å². The highest BCUT2D eigenvalue weighted by Gasteiger charge is 2.12. The molecule has 0 aromatic carbocycles. The number of nitrogen functional groups attached to an aromatic ring is 1. The number of carbonyl (C=O) groups is 1. The molecule has 2 aromatic heterocycles. The molecule has 0 radical (unpaired) electrons. The van der Waals surface area contributed by atoms with Gasteiger partial charge in [-0.25, -0.2) is 24.4 Å². The average molecular weight is 220 g/mol. The number of aromatic nitrogens is 5. The summed E-state index contributed by atoms with van der Waals surface area (Å²) in [5.74, 6) is 0.0668. The monoisotopic (exact) mass is 220 g/mol. The van der Waals surface area contributed by atoms with Gasteiger partial charge in [0.25, 0.3) is 5.82 Å². The fourth-order valence-electron chi connectivity index (χ4n) is 1.01. The van der Waals surface area contributed by atoms with Crippen LogP contribution in [0.3, 0.4) is 0 Å². The van der Waals surface area contributed by atoms with Gasteiger partial charge in [0.1, 0.15) is 12.1 Å². The highest BCUT2D eigenvalue weighted by Crippen LogP contribution is 2.02. The number of ether oxygens (including phenoxy) is 1. The van der Waals surface area contributed by atoms with E-state index in [2.05, 4.69) is 24.8 Å². The van der Waals surface area contributed by atoms with Crippen molar-refractivity contribution in [3.8, 4) is 5.82 Å². The topological polar surface area (TPSA) is 109 Å². The van der Waals surface area contributed by atoms with E-state index in [9.17, 15) is 4.79 Å². The van der Waals surface area contributed by atoms with Crippen LogP contribution in [0.4, 0.5) is 5.82 Å². The first-order valence-electron chi connectivity index (χ1n) is 4.28. The second kappa shape index (κ2) is 3.93. The van der Waals surface area contributed by atoms with E-state index in [-0.39, 0.29) is 5.82 Å². The summed E-state index contributed by atoms with van der Waals surface area (Å²) in [5, 5.41) is 3.87. The Morgan fingerprint density at radius 3 is 2.81 bits per heavy atom. The molecule has 8 nitrogen and oxygen atoms in total. The van der Waals surface area contributed by atoms with Crippen LogP contribution < -0.4 is 5.73 Å². The maximum absolute atomic E-state index is 11.1. The lowest BCUT2D eigenvalue weighted by atomic mass is 10.6. The zero-order chi connectivity index (χ0) is 11.5. The lowest BCUT2D eigenvalue weighted by Crippen LogP contribution is -2.06. The third-order valence-electron chi connectivity index (χ3n) is 1.75. The third kappa shape index (κ3) is 1.80. The smallest absolute Gasteiger partial charge is 0.377 e. The highest BCUT2D eigenvalue weighted by molar-refractivity contribution is 5.84. The van der Waals surface area contributed by atoms with Crippen molar-refractivity contribution in [2.45, 2.75) is 0 Å². The number of hydrogen-bond acceptors (Lipinski definition) is 7. The van der Waals surface area contributed by atoms with Crippen LogP contribution in [-0.4, -0.2) is 37.8 Å². The molecule has 0 aliphatic heterocycles. The summed E-state index contributed by atoms with van der Waals surface area (Å²) >= 11 is 0. The maximum Gasteiger partial charge on any atom is 0.377 e. The Morgan fingerprint density at radius 2 is 2.19 bits per heavy atom. The van der Waals surface area contributed by atoms with Crippen molar-refractivity contribution in [2.24, 2.45) is 0 Å². The van der Waals surface area contributed by atoms with Crippen molar-refractivity contribution in [1.29, 1.82) is 0 Å². The number of hydrogen-bond donors (Lipinski definition) is 1. The Labute approximate surface area is 90.1 Å². The van der Waals surface area contributed by atoms with E-state index in [0.29, 0.717) is 11.6 Å². The van der Waals surface area contributed by atoms with Crippen LogP contribution in [0.25, 0.3) is 5.82 Å². The number of nitrogens with zero attached hydrogens (tertiary/aromatic N) is 5. The summed E-state index contributed by atoms with van der Waals surface area (Å²) in [6.07, 6.45) is 4.15. The van der Waals surface area contributed by atoms with E-state index in [4.69, 9.17) is 5.73 Å². The van der Waals surface area contributed by atoms with Crippen molar-refractivity contribution >= 4 is 11.8 Å². The summed E-state index contributed by atoms with van der Waals surface area (Å²) in [6, 6.07) is 0. The molecule has 0 fully saturated rings. The van der Waals surface area contributed by atoms with Crippen molar-refractivity contribution < 1.29 is 9.53 Å². The molecule has 0 saturated carbocycles. The van der Waals surface area contributed by atoms with Gasteiger partial charge < -0.3 is 10.5 Å². The van der Waals surface area contributed by atoms with Gasteiger partial charge in [-0.2, -0.15) is 0 Å². The van der Waals surface area contributed by atoms with Gasteiger partial charge in [-0.05, 0) is 0 Å². The van der Waals surface area contributed by atoms with Crippen LogP contribution in [0.2, 0.25) is 0 Å². The summed E-state index contributed by atoms with van der Waals surface area (Å²) in [6.45, 7) is 0. The lowest BCUT2D eigenvalue weighted by molar-refractivity contribution is 0.0587. The van der Waals surface area contributed by atoms with E-state index >= 15 is 0 Å². The molecular formula is C8H8N6O2. The van der Waals surface area contributed by atoms with E-state index in [1.807, 2.05) is 0 Å². The van der Waals surface area contributed by atoms with Crippen LogP contribution in [-0.2, 0) is 4.74 Å². The van der Waals surface area contributed by atoms with Crippen LogP contribution in [0, 0.1) is 0 Å². The molecule has 16 heavy (non-hydrogen) atoms. The van der Waals surface area contributed by atoms with Gasteiger partial charge in [-0.3, -0.25) is 0 Å². The average Bonchev–Trinajstić information content (AvgIpc) is 2.78. The van der Waals surface area contributed by atoms with Gasteiger partial charge >= 0.3 is 5.97 Å². The van der Waals surface area contributed by atoms with E-state index in [1.54, 1.807) is 0 Å². The largest absolute Gasteiger partial charge is 0.463 e. The minimum atomic E-state index is -0.609. The van der Waals surface area contributed by atoms with Crippen LogP contribution in [0.1, 0.15) is 10.6 Å². The number of nitrogens with two attached hydrogens (primary N) is 1. The van der Waals surface area contributed by atoms with Crippen molar-refractivity contribution in [3.63, 3.8) is 0 Å². The summed E-state index contributed by atoms with van der Waals surface area (Å²) in [5.41, 5.74) is 5.39. The molecule has 0 unspecified atom stereocenters. The summed E-state index contributed by atoms with van der Waals surface area (Å²) < 4.78 is 5.78. The van der Waals surface area contributed by atoms with E-state index < -0.39 is 5.97 Å². The molecule has 8 heteroatoms. The van der Waals surface area contributed by atoms with E-state index in [1.165, 1.54) is 30.5 Å². The van der Waals surface area contributed by atoms with Gasteiger partial charge in [0.2, 0.25) is 0 Å². The molecule has 0 saturated heterocycles. The number of anilines is 1. The number of esters is 1. The molecule has 2 aromatic rings. The number of rotatable bonds is 2. The van der Waals surface area contributed by atoms with Gasteiger partial charge in [-0.15, -0.1) is 5.10 Å². The standard InChI is InChI=1S/C8H8N6O2/c1-16-8(15)7-12-4-14(13-7)6-3-10-5(9)2-11-6/h2-4H,1H3,(H2,9,10). The molecule has 0 amide bonds. The number of carbonyl (C=O) groups excluding carboxylic acids is 1.